The molecule has 3 rings (SSSR count). The van der Waals surface area contributed by atoms with Crippen LogP contribution in [0, 0.1) is 13.8 Å². The highest BCUT2D eigenvalue weighted by molar-refractivity contribution is 7.11. The third-order valence-electron chi connectivity index (χ3n) is 4.43. The van der Waals surface area contributed by atoms with E-state index in [1.54, 1.807) is 0 Å². The van der Waals surface area contributed by atoms with Crippen molar-refractivity contribution in [3.8, 4) is 0 Å². The zero-order valence-electron chi connectivity index (χ0n) is 12.3. The maximum atomic E-state index is 4.60. The van der Waals surface area contributed by atoms with Gasteiger partial charge in [0.05, 0.1) is 10.7 Å². The van der Waals surface area contributed by atoms with Crippen molar-refractivity contribution in [3.05, 3.63) is 15.6 Å². The summed E-state index contributed by atoms with van der Waals surface area (Å²) in [7, 11) is 0. The highest BCUT2D eigenvalue weighted by atomic mass is 32.1. The molecule has 1 aliphatic heterocycles. The van der Waals surface area contributed by atoms with Crippen LogP contribution in [0.4, 0.5) is 0 Å². The number of hydrogen-bond donors (Lipinski definition) is 1. The quantitative estimate of drug-likeness (QED) is 0.898. The highest BCUT2D eigenvalue weighted by Crippen LogP contribution is 2.37. The second kappa shape index (κ2) is 5.51. The molecular formula is C15H25N3S. The van der Waals surface area contributed by atoms with Gasteiger partial charge in [-0.1, -0.05) is 0 Å². The Morgan fingerprint density at radius 2 is 2.16 bits per heavy atom. The maximum Gasteiger partial charge on any atom is 0.0900 e. The molecule has 19 heavy (non-hydrogen) atoms. The molecule has 4 heteroatoms. The lowest BCUT2D eigenvalue weighted by Gasteiger charge is -2.31. The van der Waals surface area contributed by atoms with E-state index in [9.17, 15) is 0 Å². The Bertz CT molecular complexity index is 433. The molecule has 2 fully saturated rings. The van der Waals surface area contributed by atoms with Gasteiger partial charge in [0.15, 0.2) is 0 Å². The van der Waals surface area contributed by atoms with Gasteiger partial charge < -0.3 is 5.32 Å². The molecule has 2 heterocycles. The zero-order chi connectivity index (χ0) is 13.4. The normalized spacial score (nSPS) is 25.2. The molecule has 1 aromatic rings. The Kier molecular flexibility index (Phi) is 3.92. The Morgan fingerprint density at radius 1 is 1.37 bits per heavy atom. The van der Waals surface area contributed by atoms with Crippen LogP contribution >= 0.6 is 11.3 Å². The van der Waals surface area contributed by atoms with Gasteiger partial charge in [-0.3, -0.25) is 4.90 Å². The SMILES string of the molecule is Cc1nc(C)c(C(C)N(CC2CCCN2)C2CC2)s1. The van der Waals surface area contributed by atoms with Crippen LogP contribution in [0.3, 0.4) is 0 Å². The summed E-state index contributed by atoms with van der Waals surface area (Å²) in [6.07, 6.45) is 5.45. The third kappa shape index (κ3) is 3.01. The first-order valence-corrected chi connectivity index (χ1v) is 8.40. The molecule has 3 nitrogen and oxygen atoms in total. The second-order valence-electron chi connectivity index (χ2n) is 6.08. The van der Waals surface area contributed by atoms with Gasteiger partial charge in [-0.25, -0.2) is 4.98 Å². The van der Waals surface area contributed by atoms with Gasteiger partial charge in [-0.15, -0.1) is 11.3 Å². The minimum Gasteiger partial charge on any atom is -0.313 e. The van der Waals surface area contributed by atoms with Gasteiger partial charge in [0.1, 0.15) is 0 Å². The van der Waals surface area contributed by atoms with Crippen molar-refractivity contribution < 1.29 is 0 Å². The van der Waals surface area contributed by atoms with Crippen molar-refractivity contribution in [1.82, 2.24) is 15.2 Å². The van der Waals surface area contributed by atoms with E-state index in [1.807, 2.05) is 11.3 Å². The molecule has 0 aromatic carbocycles. The van der Waals surface area contributed by atoms with Crippen LogP contribution in [0.2, 0.25) is 0 Å². The molecule has 0 spiro atoms. The molecule has 0 bridgehead atoms. The Morgan fingerprint density at radius 3 is 2.68 bits per heavy atom. The van der Waals surface area contributed by atoms with Crippen molar-refractivity contribution in [2.75, 3.05) is 13.1 Å². The summed E-state index contributed by atoms with van der Waals surface area (Å²) in [4.78, 5) is 8.80. The molecule has 1 saturated heterocycles. The molecule has 2 unspecified atom stereocenters. The predicted molar refractivity (Wildman–Crippen MR) is 80.8 cm³/mol. The molecule has 0 radical (unpaired) electrons. The topological polar surface area (TPSA) is 28.2 Å². The monoisotopic (exact) mass is 279 g/mol. The number of thiazole rings is 1. The summed E-state index contributed by atoms with van der Waals surface area (Å²) in [6.45, 7) is 9.06. The lowest BCUT2D eigenvalue weighted by Crippen LogP contribution is -2.40. The zero-order valence-corrected chi connectivity index (χ0v) is 13.1. The Labute approximate surface area is 120 Å². The number of nitrogens with zero attached hydrogens (tertiary/aromatic N) is 2. The van der Waals surface area contributed by atoms with Crippen LogP contribution in [-0.4, -0.2) is 35.1 Å². The van der Waals surface area contributed by atoms with E-state index in [0.717, 1.165) is 6.04 Å². The first-order chi connectivity index (χ1) is 9.15. The summed E-state index contributed by atoms with van der Waals surface area (Å²) in [5, 5.41) is 4.84. The van der Waals surface area contributed by atoms with Crippen molar-refractivity contribution in [1.29, 1.82) is 0 Å². The van der Waals surface area contributed by atoms with Crippen LogP contribution in [0.15, 0.2) is 0 Å². The van der Waals surface area contributed by atoms with Crippen molar-refractivity contribution in [2.24, 2.45) is 0 Å². The van der Waals surface area contributed by atoms with E-state index in [2.05, 4.69) is 36.0 Å². The smallest absolute Gasteiger partial charge is 0.0900 e. The lowest BCUT2D eigenvalue weighted by atomic mass is 10.1. The van der Waals surface area contributed by atoms with Gasteiger partial charge >= 0.3 is 0 Å². The summed E-state index contributed by atoms with van der Waals surface area (Å²) in [5.41, 5.74) is 1.24. The fourth-order valence-electron chi connectivity index (χ4n) is 3.28. The maximum absolute atomic E-state index is 4.60. The molecule has 1 N–H and O–H groups in total. The summed E-state index contributed by atoms with van der Waals surface area (Å²) >= 11 is 1.88. The fraction of sp³-hybridized carbons (Fsp3) is 0.800. The molecule has 2 aliphatic rings. The summed E-state index contributed by atoms with van der Waals surface area (Å²) < 4.78 is 0. The molecule has 2 atom stereocenters. The van der Waals surface area contributed by atoms with E-state index in [1.165, 1.54) is 54.4 Å². The van der Waals surface area contributed by atoms with Crippen LogP contribution in [0.5, 0.6) is 0 Å². The van der Waals surface area contributed by atoms with E-state index in [4.69, 9.17) is 0 Å². The molecule has 1 aromatic heterocycles. The average molecular weight is 279 g/mol. The second-order valence-corrected chi connectivity index (χ2v) is 7.31. The van der Waals surface area contributed by atoms with Gasteiger partial charge in [0.25, 0.3) is 0 Å². The Hall–Kier alpha value is -0.450. The van der Waals surface area contributed by atoms with E-state index < -0.39 is 0 Å². The number of hydrogen-bond acceptors (Lipinski definition) is 4. The van der Waals surface area contributed by atoms with Crippen LogP contribution in [0.25, 0.3) is 0 Å². The largest absolute Gasteiger partial charge is 0.313 e. The third-order valence-corrected chi connectivity index (χ3v) is 5.67. The van der Waals surface area contributed by atoms with Crippen LogP contribution < -0.4 is 5.32 Å². The Balaban J connectivity index is 1.73. The fourth-order valence-corrected chi connectivity index (χ4v) is 4.28. The summed E-state index contributed by atoms with van der Waals surface area (Å²) in [6, 6.07) is 2.05. The van der Waals surface area contributed by atoms with E-state index in [0.29, 0.717) is 12.1 Å². The first-order valence-electron chi connectivity index (χ1n) is 7.58. The first kappa shape index (κ1) is 13.5. The van der Waals surface area contributed by atoms with Gasteiger partial charge in [-0.2, -0.15) is 0 Å². The molecular weight excluding hydrogens is 254 g/mol. The standard InChI is InChI=1S/C15H25N3S/c1-10-15(19-12(3)17-10)11(2)18(14-6-7-14)9-13-5-4-8-16-13/h11,13-14,16H,4-9H2,1-3H3. The number of nitrogens with one attached hydrogen (secondary N) is 1. The predicted octanol–water partition coefficient (Wildman–Crippen LogP) is 3.04. The van der Waals surface area contributed by atoms with Gasteiger partial charge in [-0.05, 0) is 53.0 Å². The minimum atomic E-state index is 0.529. The van der Waals surface area contributed by atoms with Crippen molar-refractivity contribution >= 4 is 11.3 Å². The van der Waals surface area contributed by atoms with Crippen LogP contribution in [0.1, 0.15) is 54.2 Å². The van der Waals surface area contributed by atoms with E-state index >= 15 is 0 Å². The number of aromatic nitrogens is 1. The highest BCUT2D eigenvalue weighted by Gasteiger charge is 2.35. The minimum absolute atomic E-state index is 0.529. The average Bonchev–Trinajstić information content (AvgIpc) is 2.97. The van der Waals surface area contributed by atoms with Crippen molar-refractivity contribution in [2.45, 2.75) is 64.6 Å². The number of aryl methyl sites for hydroxylation is 2. The summed E-state index contributed by atoms with van der Waals surface area (Å²) in [5.74, 6) is 0. The molecule has 0 amide bonds. The molecule has 106 valence electrons. The molecule has 1 aliphatic carbocycles. The van der Waals surface area contributed by atoms with Gasteiger partial charge in [0.2, 0.25) is 0 Å². The number of rotatable bonds is 5. The molecule has 1 saturated carbocycles. The van der Waals surface area contributed by atoms with E-state index in [-0.39, 0.29) is 0 Å². The van der Waals surface area contributed by atoms with Gasteiger partial charge in [0, 0.05) is 29.5 Å². The van der Waals surface area contributed by atoms with Crippen LogP contribution in [-0.2, 0) is 0 Å². The van der Waals surface area contributed by atoms with Crippen molar-refractivity contribution in [3.63, 3.8) is 0 Å². The lowest BCUT2D eigenvalue weighted by molar-refractivity contribution is 0.184.